The van der Waals surface area contributed by atoms with Crippen molar-refractivity contribution in [3.8, 4) is 0 Å². The second-order valence-electron chi connectivity index (χ2n) is 2.61. The first-order chi connectivity index (χ1) is 5.70. The van der Waals surface area contributed by atoms with Crippen molar-refractivity contribution in [2.75, 3.05) is 13.2 Å². The van der Waals surface area contributed by atoms with E-state index in [0.29, 0.717) is 19.4 Å². The molecule has 4 nitrogen and oxygen atoms in total. The van der Waals surface area contributed by atoms with Crippen molar-refractivity contribution in [2.24, 2.45) is 0 Å². The highest BCUT2D eigenvalue weighted by Gasteiger charge is 2.06. The van der Waals surface area contributed by atoms with Crippen molar-refractivity contribution in [2.45, 2.75) is 32.7 Å². The number of alkyl carbamates (subject to hydrolysis) is 1. The maximum atomic E-state index is 10.8. The number of hydrogen-bond acceptors (Lipinski definition) is 2. The normalized spacial score (nSPS) is 12.2. The van der Waals surface area contributed by atoms with Gasteiger partial charge in [0.2, 0.25) is 0 Å². The van der Waals surface area contributed by atoms with E-state index in [0.717, 1.165) is 0 Å². The molecular formula is C8H16NO3. The van der Waals surface area contributed by atoms with E-state index in [1.165, 1.54) is 0 Å². The van der Waals surface area contributed by atoms with Crippen LogP contribution in [0, 0.1) is 0 Å². The van der Waals surface area contributed by atoms with E-state index < -0.39 is 6.09 Å². The van der Waals surface area contributed by atoms with Crippen molar-refractivity contribution in [3.63, 3.8) is 0 Å². The van der Waals surface area contributed by atoms with Gasteiger partial charge in [-0.25, -0.2) is 9.90 Å². The van der Waals surface area contributed by atoms with Gasteiger partial charge in [0.25, 0.3) is 0 Å². The lowest BCUT2D eigenvalue weighted by atomic mass is 10.2. The fourth-order valence-corrected chi connectivity index (χ4v) is 0.836. The van der Waals surface area contributed by atoms with Crippen LogP contribution in [0.4, 0.5) is 4.79 Å². The molecule has 12 heavy (non-hydrogen) atoms. The molecule has 0 aromatic rings. The van der Waals surface area contributed by atoms with Crippen LogP contribution in [-0.2, 0) is 9.84 Å². The number of ether oxygens (including phenoxy) is 1. The van der Waals surface area contributed by atoms with Crippen molar-refractivity contribution in [3.05, 3.63) is 0 Å². The Hall–Kier alpha value is -0.770. The van der Waals surface area contributed by atoms with Crippen LogP contribution in [0.2, 0.25) is 0 Å². The Bertz CT molecular complexity index is 127. The summed E-state index contributed by atoms with van der Waals surface area (Å²) < 4.78 is 4.66. The minimum atomic E-state index is -0.407. The first-order valence-corrected chi connectivity index (χ1v) is 4.22. The average Bonchev–Trinajstić information content (AvgIpc) is 2.01. The lowest BCUT2D eigenvalue weighted by molar-refractivity contribution is 0.145. The third-order valence-electron chi connectivity index (χ3n) is 1.42. The van der Waals surface area contributed by atoms with Gasteiger partial charge in [-0.3, -0.25) is 0 Å². The largest absolute Gasteiger partial charge is 0.450 e. The Morgan fingerprint density at radius 1 is 1.58 bits per heavy atom. The van der Waals surface area contributed by atoms with Crippen LogP contribution in [0.25, 0.3) is 0 Å². The molecule has 1 amide bonds. The van der Waals surface area contributed by atoms with Crippen molar-refractivity contribution >= 4 is 6.09 Å². The molecule has 0 aromatic heterocycles. The number of hydrogen-bond donors (Lipinski definition) is 1. The van der Waals surface area contributed by atoms with E-state index in [-0.39, 0.29) is 12.6 Å². The summed E-state index contributed by atoms with van der Waals surface area (Å²) in [4.78, 5) is 10.8. The standard InChI is InChI=1S/C8H16NO3/c1-3-12-8(11)9-7(2)5-4-6-10/h7H,3-6H2,1-2H3,(H,9,11). The van der Waals surface area contributed by atoms with Gasteiger partial charge >= 0.3 is 6.09 Å². The highest BCUT2D eigenvalue weighted by molar-refractivity contribution is 5.67. The van der Waals surface area contributed by atoms with E-state index in [1.807, 2.05) is 6.92 Å². The van der Waals surface area contributed by atoms with Crippen molar-refractivity contribution in [1.29, 1.82) is 0 Å². The number of carbonyl (C=O) groups excluding carboxylic acids is 1. The molecule has 0 saturated carbocycles. The fraction of sp³-hybridized carbons (Fsp3) is 0.875. The van der Waals surface area contributed by atoms with Crippen LogP contribution in [0.1, 0.15) is 26.7 Å². The molecule has 1 atom stereocenters. The molecular weight excluding hydrogens is 158 g/mol. The van der Waals surface area contributed by atoms with E-state index in [9.17, 15) is 9.90 Å². The lowest BCUT2D eigenvalue weighted by Gasteiger charge is -2.11. The minimum absolute atomic E-state index is 0.0259. The molecule has 0 saturated heterocycles. The summed E-state index contributed by atoms with van der Waals surface area (Å²) in [5, 5.41) is 12.7. The zero-order valence-electron chi connectivity index (χ0n) is 7.63. The third kappa shape index (κ3) is 5.97. The maximum absolute atomic E-state index is 10.8. The van der Waals surface area contributed by atoms with Gasteiger partial charge in [-0.05, 0) is 26.7 Å². The Morgan fingerprint density at radius 2 is 2.25 bits per heavy atom. The molecule has 0 bridgehead atoms. The zero-order valence-corrected chi connectivity index (χ0v) is 7.63. The molecule has 0 aliphatic rings. The second-order valence-corrected chi connectivity index (χ2v) is 2.61. The smallest absolute Gasteiger partial charge is 0.407 e. The van der Waals surface area contributed by atoms with Crippen molar-refractivity contribution in [1.82, 2.24) is 5.32 Å². The summed E-state index contributed by atoms with van der Waals surface area (Å²) in [5.41, 5.74) is 0. The van der Waals surface area contributed by atoms with E-state index in [4.69, 9.17) is 0 Å². The maximum Gasteiger partial charge on any atom is 0.407 e. The highest BCUT2D eigenvalue weighted by atomic mass is 16.5. The van der Waals surface area contributed by atoms with E-state index in [1.54, 1.807) is 6.92 Å². The summed E-state index contributed by atoms with van der Waals surface area (Å²) in [6.45, 7) is 3.89. The molecule has 0 fully saturated rings. The number of rotatable bonds is 5. The fourth-order valence-electron chi connectivity index (χ4n) is 0.836. The molecule has 0 spiro atoms. The van der Waals surface area contributed by atoms with Gasteiger partial charge in [0.1, 0.15) is 0 Å². The van der Waals surface area contributed by atoms with Gasteiger partial charge in [-0.1, -0.05) is 0 Å². The number of nitrogens with one attached hydrogen (secondary N) is 1. The Morgan fingerprint density at radius 3 is 2.75 bits per heavy atom. The van der Waals surface area contributed by atoms with Gasteiger partial charge in [-0.2, -0.15) is 0 Å². The topological polar surface area (TPSA) is 58.2 Å². The SMILES string of the molecule is CCOC(=O)NC(C)CCC[O]. The molecule has 0 aliphatic carbocycles. The predicted molar refractivity (Wildman–Crippen MR) is 44.4 cm³/mol. The average molecular weight is 174 g/mol. The molecule has 4 heteroatoms. The van der Waals surface area contributed by atoms with Gasteiger partial charge < -0.3 is 10.1 Å². The number of amides is 1. The molecule has 1 radical (unpaired) electrons. The Kier molecular flexibility index (Phi) is 6.47. The number of carbonyl (C=O) groups is 1. The van der Waals surface area contributed by atoms with Crippen LogP contribution in [0.5, 0.6) is 0 Å². The summed E-state index contributed by atoms with van der Waals surface area (Å²) in [7, 11) is 0. The first kappa shape index (κ1) is 11.2. The molecule has 0 aromatic carbocycles. The van der Waals surface area contributed by atoms with Crippen molar-refractivity contribution < 1.29 is 14.6 Å². The summed E-state index contributed by atoms with van der Waals surface area (Å²) in [5.74, 6) is 0. The van der Waals surface area contributed by atoms with Gasteiger partial charge in [0.15, 0.2) is 0 Å². The minimum Gasteiger partial charge on any atom is -0.450 e. The van der Waals surface area contributed by atoms with Crippen LogP contribution >= 0.6 is 0 Å². The van der Waals surface area contributed by atoms with Gasteiger partial charge in [0.05, 0.1) is 13.2 Å². The first-order valence-electron chi connectivity index (χ1n) is 4.22. The molecule has 0 rings (SSSR count). The van der Waals surface area contributed by atoms with Crippen LogP contribution in [0.15, 0.2) is 0 Å². The molecule has 1 N–H and O–H groups in total. The predicted octanol–water partition coefficient (Wildman–Crippen LogP) is 1.33. The molecule has 1 unspecified atom stereocenters. The van der Waals surface area contributed by atoms with Crippen LogP contribution < -0.4 is 5.32 Å². The van der Waals surface area contributed by atoms with Crippen LogP contribution in [0.3, 0.4) is 0 Å². The highest BCUT2D eigenvalue weighted by Crippen LogP contribution is 1.95. The summed E-state index contributed by atoms with van der Waals surface area (Å²) in [6, 6.07) is 0.0259. The monoisotopic (exact) mass is 174 g/mol. The summed E-state index contributed by atoms with van der Waals surface area (Å²) in [6.07, 6.45) is 0.895. The van der Waals surface area contributed by atoms with Crippen LogP contribution in [-0.4, -0.2) is 25.3 Å². The van der Waals surface area contributed by atoms with Gasteiger partial charge in [-0.15, -0.1) is 0 Å². The van der Waals surface area contributed by atoms with E-state index >= 15 is 0 Å². The van der Waals surface area contributed by atoms with E-state index in [2.05, 4.69) is 10.1 Å². The molecule has 0 heterocycles. The second kappa shape index (κ2) is 6.91. The third-order valence-corrected chi connectivity index (χ3v) is 1.42. The quantitative estimate of drug-likeness (QED) is 0.683. The zero-order chi connectivity index (χ0) is 9.40. The Balaban J connectivity index is 3.40. The molecule has 0 aliphatic heterocycles. The van der Waals surface area contributed by atoms with Gasteiger partial charge in [0, 0.05) is 6.04 Å². The molecule has 71 valence electrons. The lowest BCUT2D eigenvalue weighted by Crippen LogP contribution is -2.33. The summed E-state index contributed by atoms with van der Waals surface area (Å²) >= 11 is 0. The Labute approximate surface area is 72.9 Å².